The maximum atomic E-state index is 11.7. The lowest BCUT2D eigenvalue weighted by Crippen LogP contribution is -2.47. The summed E-state index contributed by atoms with van der Waals surface area (Å²) in [6.07, 6.45) is -0.414. The van der Waals surface area contributed by atoms with Gasteiger partial charge in [-0.3, -0.25) is 0 Å². The van der Waals surface area contributed by atoms with Gasteiger partial charge in [0.15, 0.2) is 11.5 Å². The van der Waals surface area contributed by atoms with E-state index in [1.807, 2.05) is 0 Å². The SMILES string of the molecule is O=C(Oc1ccccc1O)N1CCNCC1. The van der Waals surface area contributed by atoms with Crippen molar-refractivity contribution < 1.29 is 14.6 Å². The second kappa shape index (κ2) is 4.85. The highest BCUT2D eigenvalue weighted by molar-refractivity contribution is 5.71. The second-order valence-electron chi connectivity index (χ2n) is 3.57. The predicted octanol–water partition coefficient (Wildman–Crippen LogP) is 0.796. The number of phenols is 1. The maximum Gasteiger partial charge on any atom is 0.415 e. The fourth-order valence-electron chi connectivity index (χ4n) is 1.55. The highest BCUT2D eigenvalue weighted by Gasteiger charge is 2.18. The molecule has 0 saturated carbocycles. The zero-order valence-corrected chi connectivity index (χ0v) is 8.85. The molecule has 1 fully saturated rings. The van der Waals surface area contributed by atoms with E-state index < -0.39 is 6.09 Å². The number of hydrogen-bond acceptors (Lipinski definition) is 4. The highest BCUT2D eigenvalue weighted by Crippen LogP contribution is 2.24. The Kier molecular flexibility index (Phi) is 3.26. The molecule has 1 heterocycles. The molecule has 1 aliphatic heterocycles. The first kappa shape index (κ1) is 10.8. The van der Waals surface area contributed by atoms with Crippen LogP contribution in [-0.4, -0.2) is 42.3 Å². The van der Waals surface area contributed by atoms with Crippen molar-refractivity contribution in [3.05, 3.63) is 24.3 Å². The molecule has 2 N–H and O–H groups in total. The van der Waals surface area contributed by atoms with Gasteiger partial charge in [-0.05, 0) is 12.1 Å². The molecule has 1 aliphatic rings. The van der Waals surface area contributed by atoms with E-state index in [1.165, 1.54) is 6.07 Å². The number of aromatic hydroxyl groups is 1. The van der Waals surface area contributed by atoms with E-state index in [2.05, 4.69) is 5.32 Å². The van der Waals surface area contributed by atoms with Gasteiger partial charge in [0, 0.05) is 26.2 Å². The minimum Gasteiger partial charge on any atom is -0.504 e. The molecule has 5 heteroatoms. The van der Waals surface area contributed by atoms with Crippen LogP contribution in [0.5, 0.6) is 11.5 Å². The van der Waals surface area contributed by atoms with Crippen LogP contribution in [0.25, 0.3) is 0 Å². The zero-order valence-electron chi connectivity index (χ0n) is 8.85. The van der Waals surface area contributed by atoms with Crippen molar-refractivity contribution >= 4 is 6.09 Å². The van der Waals surface area contributed by atoms with Crippen LogP contribution in [0.4, 0.5) is 4.79 Å². The van der Waals surface area contributed by atoms with E-state index in [0.29, 0.717) is 13.1 Å². The topological polar surface area (TPSA) is 61.8 Å². The van der Waals surface area contributed by atoms with E-state index in [1.54, 1.807) is 23.1 Å². The lowest BCUT2D eigenvalue weighted by Gasteiger charge is -2.26. The molecule has 0 radical (unpaired) electrons. The first-order chi connectivity index (χ1) is 7.77. The molecule has 1 amide bonds. The van der Waals surface area contributed by atoms with Gasteiger partial charge in [0.25, 0.3) is 0 Å². The van der Waals surface area contributed by atoms with Gasteiger partial charge in [-0.2, -0.15) is 0 Å². The largest absolute Gasteiger partial charge is 0.504 e. The van der Waals surface area contributed by atoms with E-state index in [9.17, 15) is 9.90 Å². The molecule has 0 spiro atoms. The fraction of sp³-hybridized carbons (Fsp3) is 0.364. The van der Waals surface area contributed by atoms with Gasteiger partial charge >= 0.3 is 6.09 Å². The quantitative estimate of drug-likeness (QED) is 0.737. The molecule has 86 valence electrons. The summed E-state index contributed by atoms with van der Waals surface area (Å²) >= 11 is 0. The second-order valence-corrected chi connectivity index (χ2v) is 3.57. The van der Waals surface area contributed by atoms with Crippen LogP contribution in [0, 0.1) is 0 Å². The van der Waals surface area contributed by atoms with E-state index >= 15 is 0 Å². The summed E-state index contributed by atoms with van der Waals surface area (Å²) in [5.74, 6) is 0.178. The van der Waals surface area contributed by atoms with Crippen LogP contribution in [-0.2, 0) is 0 Å². The Morgan fingerprint density at radius 2 is 2.00 bits per heavy atom. The molecule has 0 unspecified atom stereocenters. The number of hydrogen-bond donors (Lipinski definition) is 2. The summed E-state index contributed by atoms with van der Waals surface area (Å²) in [6.45, 7) is 2.81. The van der Waals surface area contributed by atoms with Crippen LogP contribution in [0.15, 0.2) is 24.3 Å². The Hall–Kier alpha value is -1.75. The Labute approximate surface area is 93.6 Å². The lowest BCUT2D eigenvalue weighted by molar-refractivity contribution is 0.144. The Morgan fingerprint density at radius 1 is 1.31 bits per heavy atom. The molecule has 0 aliphatic carbocycles. The molecule has 0 aromatic heterocycles. The molecule has 16 heavy (non-hydrogen) atoms. The summed E-state index contributed by atoms with van der Waals surface area (Å²) in [4.78, 5) is 13.3. The van der Waals surface area contributed by atoms with Crippen LogP contribution in [0.1, 0.15) is 0 Å². The van der Waals surface area contributed by atoms with E-state index in [0.717, 1.165) is 13.1 Å². The average Bonchev–Trinajstić information content (AvgIpc) is 2.33. The zero-order chi connectivity index (χ0) is 11.4. The number of carbonyl (C=O) groups excluding carboxylic acids is 1. The van der Waals surface area contributed by atoms with Crippen molar-refractivity contribution in [1.82, 2.24) is 10.2 Å². The van der Waals surface area contributed by atoms with E-state index in [4.69, 9.17) is 4.74 Å². The number of para-hydroxylation sites is 2. The van der Waals surface area contributed by atoms with Crippen molar-refractivity contribution in [3.8, 4) is 11.5 Å². The van der Waals surface area contributed by atoms with Crippen LogP contribution >= 0.6 is 0 Å². The molecule has 1 aromatic rings. The predicted molar refractivity (Wildman–Crippen MR) is 58.6 cm³/mol. The molecular formula is C11H14N2O3. The Morgan fingerprint density at radius 3 is 2.69 bits per heavy atom. The van der Waals surface area contributed by atoms with Gasteiger partial charge in [-0.1, -0.05) is 12.1 Å². The fourth-order valence-corrected chi connectivity index (χ4v) is 1.55. The highest BCUT2D eigenvalue weighted by atomic mass is 16.6. The van der Waals surface area contributed by atoms with Gasteiger partial charge in [0.2, 0.25) is 0 Å². The van der Waals surface area contributed by atoms with Gasteiger partial charge in [0.05, 0.1) is 0 Å². The van der Waals surface area contributed by atoms with Gasteiger partial charge in [-0.15, -0.1) is 0 Å². The van der Waals surface area contributed by atoms with Crippen molar-refractivity contribution in [2.45, 2.75) is 0 Å². The number of nitrogens with zero attached hydrogens (tertiary/aromatic N) is 1. The van der Waals surface area contributed by atoms with Crippen LogP contribution in [0.3, 0.4) is 0 Å². The minimum absolute atomic E-state index is 0.0222. The Bertz CT molecular complexity index is 375. The summed E-state index contributed by atoms with van der Waals surface area (Å²) in [7, 11) is 0. The Balaban J connectivity index is 1.99. The third kappa shape index (κ3) is 2.43. The summed E-state index contributed by atoms with van der Waals surface area (Å²) in [5, 5.41) is 12.6. The molecule has 1 aromatic carbocycles. The summed E-state index contributed by atoms with van der Waals surface area (Å²) in [6, 6.07) is 6.44. The van der Waals surface area contributed by atoms with Crippen molar-refractivity contribution in [2.24, 2.45) is 0 Å². The first-order valence-corrected chi connectivity index (χ1v) is 5.23. The number of ether oxygens (including phenoxy) is 1. The smallest absolute Gasteiger partial charge is 0.415 e. The molecule has 5 nitrogen and oxygen atoms in total. The van der Waals surface area contributed by atoms with Crippen molar-refractivity contribution in [1.29, 1.82) is 0 Å². The molecular weight excluding hydrogens is 208 g/mol. The van der Waals surface area contributed by atoms with Crippen molar-refractivity contribution in [2.75, 3.05) is 26.2 Å². The lowest BCUT2D eigenvalue weighted by atomic mass is 10.3. The number of phenolic OH excluding ortho intramolecular Hbond substituents is 1. The normalized spacial score (nSPS) is 15.9. The summed E-state index contributed by atoms with van der Waals surface area (Å²) < 4.78 is 5.09. The number of amides is 1. The number of benzene rings is 1. The van der Waals surface area contributed by atoms with Gasteiger partial charge in [0.1, 0.15) is 0 Å². The first-order valence-electron chi connectivity index (χ1n) is 5.23. The molecule has 2 rings (SSSR count). The monoisotopic (exact) mass is 222 g/mol. The molecule has 1 saturated heterocycles. The minimum atomic E-state index is -0.414. The third-order valence-corrected chi connectivity index (χ3v) is 2.44. The summed E-state index contributed by atoms with van der Waals surface area (Å²) in [5.41, 5.74) is 0. The van der Waals surface area contributed by atoms with Crippen LogP contribution in [0.2, 0.25) is 0 Å². The standard InChI is InChI=1S/C11H14N2O3/c14-9-3-1-2-4-10(9)16-11(15)13-7-5-12-6-8-13/h1-4,12,14H,5-8H2. The number of carbonyl (C=O) groups is 1. The van der Waals surface area contributed by atoms with E-state index in [-0.39, 0.29) is 11.5 Å². The van der Waals surface area contributed by atoms with Gasteiger partial charge in [-0.25, -0.2) is 4.79 Å². The van der Waals surface area contributed by atoms with Gasteiger partial charge < -0.3 is 20.1 Å². The number of nitrogens with one attached hydrogen (secondary N) is 1. The number of rotatable bonds is 1. The molecule has 0 atom stereocenters. The molecule has 0 bridgehead atoms. The third-order valence-electron chi connectivity index (χ3n) is 2.44. The van der Waals surface area contributed by atoms with Crippen molar-refractivity contribution in [3.63, 3.8) is 0 Å². The average molecular weight is 222 g/mol. The number of piperazine rings is 1. The van der Waals surface area contributed by atoms with Crippen LogP contribution < -0.4 is 10.1 Å². The maximum absolute atomic E-state index is 11.7.